The number of pyridine rings is 1. The van der Waals surface area contributed by atoms with Gasteiger partial charge in [0.1, 0.15) is 5.69 Å². The lowest BCUT2D eigenvalue weighted by atomic mass is 10.1. The summed E-state index contributed by atoms with van der Waals surface area (Å²) >= 11 is 0. The number of fused-ring (bicyclic) bond motifs is 1. The van der Waals surface area contributed by atoms with Crippen LogP contribution in [0.15, 0.2) is 60.8 Å². The molecule has 5 heteroatoms. The van der Waals surface area contributed by atoms with Crippen molar-refractivity contribution in [3.63, 3.8) is 0 Å². The summed E-state index contributed by atoms with van der Waals surface area (Å²) in [4.78, 5) is 15.2. The fourth-order valence-corrected chi connectivity index (χ4v) is 2.27. The lowest BCUT2D eigenvalue weighted by Gasteiger charge is -2.09. The van der Waals surface area contributed by atoms with Gasteiger partial charge in [0.05, 0.1) is 15.8 Å². The molecule has 1 aromatic heterocycles. The molecule has 0 spiro atoms. The van der Waals surface area contributed by atoms with Gasteiger partial charge in [-0.3, -0.25) is 15.1 Å². The molecule has 2 aromatic carbocycles. The van der Waals surface area contributed by atoms with Crippen molar-refractivity contribution in [2.75, 3.05) is 5.32 Å². The van der Waals surface area contributed by atoms with Gasteiger partial charge in [-0.1, -0.05) is 30.3 Å². The van der Waals surface area contributed by atoms with E-state index >= 15 is 0 Å². The minimum Gasteiger partial charge on any atom is -0.375 e. The Hall–Kier alpha value is -2.95. The van der Waals surface area contributed by atoms with Crippen LogP contribution in [0.1, 0.15) is 5.56 Å². The van der Waals surface area contributed by atoms with Crippen LogP contribution in [0.2, 0.25) is 0 Å². The van der Waals surface area contributed by atoms with Crippen LogP contribution in [0.25, 0.3) is 10.9 Å². The fourth-order valence-electron chi connectivity index (χ4n) is 2.27. The van der Waals surface area contributed by atoms with Crippen LogP contribution >= 0.6 is 0 Å². The average Bonchev–Trinajstić information content (AvgIpc) is 2.53. The van der Waals surface area contributed by atoms with E-state index in [1.54, 1.807) is 30.5 Å². The van der Waals surface area contributed by atoms with Gasteiger partial charge >= 0.3 is 5.69 Å². The third kappa shape index (κ3) is 2.67. The number of anilines is 1. The highest BCUT2D eigenvalue weighted by Crippen LogP contribution is 2.32. The maximum atomic E-state index is 11.4. The second-order valence-electron chi connectivity index (χ2n) is 4.63. The van der Waals surface area contributed by atoms with Crippen molar-refractivity contribution in [3.05, 3.63) is 76.5 Å². The summed E-state index contributed by atoms with van der Waals surface area (Å²) in [5.41, 5.74) is 2.26. The number of hydrogen-bond donors (Lipinski definition) is 1. The van der Waals surface area contributed by atoms with Crippen molar-refractivity contribution in [2.24, 2.45) is 0 Å². The van der Waals surface area contributed by atoms with Crippen LogP contribution in [0.5, 0.6) is 0 Å². The highest BCUT2D eigenvalue weighted by atomic mass is 16.6. The van der Waals surface area contributed by atoms with Crippen LogP contribution in [-0.4, -0.2) is 9.91 Å². The van der Waals surface area contributed by atoms with Crippen LogP contribution in [0.3, 0.4) is 0 Å². The highest BCUT2D eigenvalue weighted by molar-refractivity contribution is 5.94. The number of nitro benzene ring substituents is 1. The number of nitrogens with zero attached hydrogens (tertiary/aromatic N) is 2. The van der Waals surface area contributed by atoms with Gasteiger partial charge in [-0.25, -0.2) is 0 Å². The first kappa shape index (κ1) is 13.1. The molecule has 3 aromatic rings. The van der Waals surface area contributed by atoms with Gasteiger partial charge in [0.2, 0.25) is 0 Å². The second-order valence-corrected chi connectivity index (χ2v) is 4.63. The molecule has 5 nitrogen and oxygen atoms in total. The lowest BCUT2D eigenvalue weighted by Crippen LogP contribution is -2.03. The molecule has 0 unspecified atom stereocenters. The molecule has 1 heterocycles. The summed E-state index contributed by atoms with van der Waals surface area (Å²) in [6.07, 6.45) is 1.63. The first-order valence-corrected chi connectivity index (χ1v) is 6.55. The molecule has 3 rings (SSSR count). The van der Waals surface area contributed by atoms with Crippen molar-refractivity contribution in [3.8, 4) is 0 Å². The van der Waals surface area contributed by atoms with Gasteiger partial charge < -0.3 is 5.32 Å². The zero-order valence-electron chi connectivity index (χ0n) is 11.2. The molecule has 0 bridgehead atoms. The summed E-state index contributed by atoms with van der Waals surface area (Å²) in [5.74, 6) is 0. The van der Waals surface area contributed by atoms with Gasteiger partial charge in [0.25, 0.3) is 0 Å². The monoisotopic (exact) mass is 279 g/mol. The summed E-state index contributed by atoms with van der Waals surface area (Å²) < 4.78 is 0. The zero-order valence-corrected chi connectivity index (χ0v) is 11.2. The van der Waals surface area contributed by atoms with Crippen LogP contribution in [0.4, 0.5) is 11.4 Å². The average molecular weight is 279 g/mol. The van der Waals surface area contributed by atoms with E-state index in [2.05, 4.69) is 10.3 Å². The number of aromatic nitrogens is 1. The quantitative estimate of drug-likeness (QED) is 0.583. The van der Waals surface area contributed by atoms with Crippen LogP contribution in [0, 0.1) is 10.1 Å². The number of hydrogen-bond acceptors (Lipinski definition) is 4. The third-order valence-corrected chi connectivity index (χ3v) is 3.27. The minimum absolute atomic E-state index is 0.0662. The van der Waals surface area contributed by atoms with E-state index in [1.165, 1.54) is 0 Å². The second kappa shape index (κ2) is 5.58. The molecule has 104 valence electrons. The lowest BCUT2D eigenvalue weighted by molar-refractivity contribution is -0.382. The Bertz CT molecular complexity index is 788. The van der Waals surface area contributed by atoms with Crippen molar-refractivity contribution < 1.29 is 4.92 Å². The first-order chi connectivity index (χ1) is 10.3. The van der Waals surface area contributed by atoms with E-state index in [0.717, 1.165) is 5.56 Å². The molecular formula is C16H13N3O2. The smallest absolute Gasteiger partial charge is 0.301 e. The topological polar surface area (TPSA) is 68.1 Å². The molecular weight excluding hydrogens is 266 g/mol. The largest absolute Gasteiger partial charge is 0.375 e. The summed E-state index contributed by atoms with van der Waals surface area (Å²) in [7, 11) is 0. The number of benzene rings is 2. The third-order valence-electron chi connectivity index (χ3n) is 3.27. The fraction of sp³-hybridized carbons (Fsp3) is 0.0625. The van der Waals surface area contributed by atoms with Gasteiger partial charge in [-0.2, -0.15) is 0 Å². The van der Waals surface area contributed by atoms with Crippen molar-refractivity contribution >= 4 is 22.3 Å². The van der Waals surface area contributed by atoms with E-state index < -0.39 is 0 Å². The standard InChI is InChI=1S/C16H13N3O2/c20-19(21)16-13-7-4-10-17-14(13)8-9-15(16)18-11-12-5-2-1-3-6-12/h1-10,18H,11H2. The van der Waals surface area contributed by atoms with E-state index in [0.29, 0.717) is 23.1 Å². The Labute approximate surface area is 121 Å². The first-order valence-electron chi connectivity index (χ1n) is 6.55. The molecule has 0 atom stereocenters. The Morgan fingerprint density at radius 1 is 1.05 bits per heavy atom. The zero-order chi connectivity index (χ0) is 14.7. The predicted molar refractivity (Wildman–Crippen MR) is 82.2 cm³/mol. The van der Waals surface area contributed by atoms with E-state index in [1.807, 2.05) is 30.3 Å². The van der Waals surface area contributed by atoms with E-state index in [9.17, 15) is 10.1 Å². The highest BCUT2D eigenvalue weighted by Gasteiger charge is 2.18. The Kier molecular flexibility index (Phi) is 3.47. The molecule has 0 radical (unpaired) electrons. The summed E-state index contributed by atoms with van der Waals surface area (Å²) in [6.45, 7) is 0.535. The van der Waals surface area contributed by atoms with Gasteiger partial charge in [0, 0.05) is 12.7 Å². The number of nitro groups is 1. The molecule has 0 fully saturated rings. The Morgan fingerprint density at radius 2 is 1.86 bits per heavy atom. The van der Waals surface area contributed by atoms with Crippen molar-refractivity contribution in [2.45, 2.75) is 6.54 Å². The van der Waals surface area contributed by atoms with Gasteiger partial charge in [0.15, 0.2) is 0 Å². The molecule has 0 saturated heterocycles. The number of rotatable bonds is 4. The normalized spacial score (nSPS) is 10.5. The van der Waals surface area contributed by atoms with Gasteiger partial charge in [-0.15, -0.1) is 0 Å². The van der Waals surface area contributed by atoms with Crippen LogP contribution < -0.4 is 5.32 Å². The Morgan fingerprint density at radius 3 is 2.62 bits per heavy atom. The number of nitrogens with one attached hydrogen (secondary N) is 1. The van der Waals surface area contributed by atoms with E-state index in [-0.39, 0.29) is 10.6 Å². The van der Waals surface area contributed by atoms with Crippen molar-refractivity contribution in [1.29, 1.82) is 0 Å². The molecule has 0 amide bonds. The van der Waals surface area contributed by atoms with E-state index in [4.69, 9.17) is 0 Å². The molecule has 0 aliphatic carbocycles. The van der Waals surface area contributed by atoms with Gasteiger partial charge in [-0.05, 0) is 29.8 Å². The SMILES string of the molecule is O=[N+]([O-])c1c(NCc2ccccc2)ccc2ncccc12. The summed E-state index contributed by atoms with van der Waals surface area (Å²) in [5, 5.41) is 15.1. The maximum absolute atomic E-state index is 11.4. The van der Waals surface area contributed by atoms with Crippen LogP contribution in [-0.2, 0) is 6.54 Å². The van der Waals surface area contributed by atoms with Crippen molar-refractivity contribution in [1.82, 2.24) is 4.98 Å². The minimum atomic E-state index is -0.364. The predicted octanol–water partition coefficient (Wildman–Crippen LogP) is 3.76. The summed E-state index contributed by atoms with van der Waals surface area (Å²) in [6, 6.07) is 16.7. The Balaban J connectivity index is 1.98. The molecule has 1 N–H and O–H groups in total. The molecule has 0 aliphatic rings. The molecule has 0 saturated carbocycles. The maximum Gasteiger partial charge on any atom is 0.301 e. The molecule has 21 heavy (non-hydrogen) atoms. The molecule has 0 aliphatic heterocycles.